The van der Waals surface area contributed by atoms with E-state index in [-0.39, 0.29) is 0 Å². The molecule has 6 nitrogen and oxygen atoms in total. The zero-order chi connectivity index (χ0) is 15.8. The van der Waals surface area contributed by atoms with Crippen LogP contribution in [0.25, 0.3) is 32.3 Å². The number of rotatable bonds is 3. The molecule has 0 fully saturated rings. The Labute approximate surface area is 136 Å². The average molecular weight is 323 g/mol. The van der Waals surface area contributed by atoms with Gasteiger partial charge >= 0.3 is 0 Å². The van der Waals surface area contributed by atoms with Crippen LogP contribution in [0.4, 0.5) is 0 Å². The van der Waals surface area contributed by atoms with Gasteiger partial charge in [-0.25, -0.2) is 15.0 Å². The summed E-state index contributed by atoms with van der Waals surface area (Å²) in [6, 6.07) is 10.6. The lowest BCUT2D eigenvalue weighted by Crippen LogP contribution is -1.96. The number of thiazole rings is 1. The second kappa shape index (κ2) is 5.44. The van der Waals surface area contributed by atoms with Crippen molar-refractivity contribution in [2.45, 2.75) is 0 Å². The van der Waals surface area contributed by atoms with Crippen molar-refractivity contribution in [2.75, 3.05) is 7.11 Å². The number of imidazole rings is 1. The van der Waals surface area contributed by atoms with Gasteiger partial charge in [-0.2, -0.15) is 4.98 Å². The Morgan fingerprint density at radius 2 is 1.96 bits per heavy atom. The Kier molecular flexibility index (Phi) is 3.27. The van der Waals surface area contributed by atoms with E-state index >= 15 is 0 Å². The van der Waals surface area contributed by atoms with E-state index in [1.807, 2.05) is 41.9 Å². The molecule has 7 heteroatoms. The highest BCUT2D eigenvalue weighted by atomic mass is 32.1. The monoisotopic (exact) mass is 323 g/mol. The maximum Gasteiger partial charge on any atom is 0.296 e. The summed E-state index contributed by atoms with van der Waals surface area (Å²) < 4.78 is 7.29. The molecule has 0 spiro atoms. The van der Waals surface area contributed by atoms with Gasteiger partial charge in [-0.15, -0.1) is 0 Å². The molecule has 0 unspecified atom stereocenters. The number of hydrogen-bond acceptors (Lipinski definition) is 6. The van der Waals surface area contributed by atoms with Gasteiger partial charge in [0.25, 0.3) is 6.01 Å². The van der Waals surface area contributed by atoms with E-state index in [0.717, 1.165) is 32.3 Å². The lowest BCUT2D eigenvalue weighted by molar-refractivity contribution is 0.367. The molecule has 4 rings (SSSR count). The van der Waals surface area contributed by atoms with Gasteiger partial charge in [0.05, 0.1) is 13.3 Å². The van der Waals surface area contributed by atoms with E-state index < -0.39 is 0 Å². The summed E-state index contributed by atoms with van der Waals surface area (Å²) in [6.07, 6.45) is 3.25. The second-order valence-electron chi connectivity index (χ2n) is 4.95. The first-order valence-electron chi connectivity index (χ1n) is 7.01. The van der Waals surface area contributed by atoms with Crippen LogP contribution in [-0.2, 0) is 7.05 Å². The van der Waals surface area contributed by atoms with Gasteiger partial charge in [-0.3, -0.25) is 4.57 Å². The highest BCUT2D eigenvalue weighted by Crippen LogP contribution is 2.37. The fourth-order valence-corrected chi connectivity index (χ4v) is 3.45. The van der Waals surface area contributed by atoms with Gasteiger partial charge in [0.2, 0.25) is 0 Å². The average Bonchev–Trinajstić information content (AvgIpc) is 3.16. The summed E-state index contributed by atoms with van der Waals surface area (Å²) in [5.41, 5.74) is 3.56. The third kappa shape index (κ3) is 2.25. The maximum absolute atomic E-state index is 5.38. The molecule has 4 aromatic rings. The van der Waals surface area contributed by atoms with Crippen molar-refractivity contribution in [1.29, 1.82) is 0 Å². The van der Waals surface area contributed by atoms with Gasteiger partial charge in [-0.1, -0.05) is 41.7 Å². The van der Waals surface area contributed by atoms with Gasteiger partial charge < -0.3 is 4.74 Å². The van der Waals surface area contributed by atoms with E-state index in [1.165, 1.54) is 17.7 Å². The molecule has 0 N–H and O–H groups in total. The topological polar surface area (TPSA) is 65.7 Å². The Bertz CT molecular complexity index is 944. The predicted octanol–water partition coefficient (Wildman–Crippen LogP) is 3.16. The summed E-state index contributed by atoms with van der Waals surface area (Å²) in [5.74, 6) is 0. The fourth-order valence-electron chi connectivity index (χ4n) is 2.49. The summed E-state index contributed by atoms with van der Waals surface area (Å²) in [6.45, 7) is 0. The van der Waals surface area contributed by atoms with Crippen molar-refractivity contribution in [1.82, 2.24) is 24.5 Å². The molecule has 0 aliphatic rings. The molecule has 114 valence electrons. The Morgan fingerprint density at radius 1 is 1.13 bits per heavy atom. The first kappa shape index (κ1) is 13.8. The second-order valence-corrected chi connectivity index (χ2v) is 5.93. The summed E-state index contributed by atoms with van der Waals surface area (Å²) >= 11 is 1.52. The molecule has 0 aliphatic carbocycles. The van der Waals surface area contributed by atoms with E-state index in [9.17, 15) is 0 Å². The molecule has 0 atom stereocenters. The maximum atomic E-state index is 5.38. The summed E-state index contributed by atoms with van der Waals surface area (Å²) in [4.78, 5) is 18.4. The van der Waals surface area contributed by atoms with Crippen molar-refractivity contribution in [3.63, 3.8) is 0 Å². The molecule has 0 saturated carbocycles. The molecule has 0 amide bonds. The van der Waals surface area contributed by atoms with Crippen LogP contribution >= 0.6 is 11.3 Å². The third-order valence-electron chi connectivity index (χ3n) is 3.56. The Morgan fingerprint density at radius 3 is 2.70 bits per heavy atom. The molecule has 0 bridgehead atoms. The number of nitrogens with zero attached hydrogens (tertiary/aromatic N) is 5. The molecule has 3 aromatic heterocycles. The number of hydrogen-bond donors (Lipinski definition) is 0. The summed E-state index contributed by atoms with van der Waals surface area (Å²) in [7, 11) is 3.54. The Balaban J connectivity index is 1.98. The minimum atomic E-state index is 0.546. The number of ether oxygens (including phenoxy) is 1. The largest absolute Gasteiger partial charge is 0.468 e. The number of benzene rings is 1. The minimum absolute atomic E-state index is 0.546. The third-order valence-corrected chi connectivity index (χ3v) is 4.55. The van der Waals surface area contributed by atoms with Crippen LogP contribution in [0, 0.1) is 0 Å². The SMILES string of the molecule is COc1nc(-c2ccccc2)c(-c2nc3cncnc3s2)n1C. The molecular weight excluding hydrogens is 310 g/mol. The molecular formula is C16H13N5OS. The Hall–Kier alpha value is -2.80. The van der Waals surface area contributed by atoms with Crippen molar-refractivity contribution in [3.8, 4) is 28.0 Å². The van der Waals surface area contributed by atoms with Crippen molar-refractivity contribution in [3.05, 3.63) is 42.9 Å². The lowest BCUT2D eigenvalue weighted by atomic mass is 10.1. The van der Waals surface area contributed by atoms with Crippen LogP contribution < -0.4 is 4.74 Å². The molecule has 23 heavy (non-hydrogen) atoms. The smallest absolute Gasteiger partial charge is 0.296 e. The van der Waals surface area contributed by atoms with Crippen LogP contribution in [0.1, 0.15) is 0 Å². The van der Waals surface area contributed by atoms with E-state index in [0.29, 0.717) is 6.01 Å². The molecule has 0 aliphatic heterocycles. The highest BCUT2D eigenvalue weighted by Gasteiger charge is 2.21. The molecule has 3 heterocycles. The molecule has 1 aromatic carbocycles. The van der Waals surface area contributed by atoms with Crippen LogP contribution in [0.2, 0.25) is 0 Å². The van der Waals surface area contributed by atoms with Crippen molar-refractivity contribution >= 4 is 21.7 Å². The van der Waals surface area contributed by atoms with Crippen LogP contribution in [-0.4, -0.2) is 31.6 Å². The fraction of sp³-hybridized carbons (Fsp3) is 0.125. The van der Waals surface area contributed by atoms with E-state index in [4.69, 9.17) is 4.74 Å². The first-order chi connectivity index (χ1) is 11.3. The summed E-state index contributed by atoms with van der Waals surface area (Å²) in [5, 5.41) is 0.845. The van der Waals surface area contributed by atoms with Crippen LogP contribution in [0.15, 0.2) is 42.9 Å². The highest BCUT2D eigenvalue weighted by molar-refractivity contribution is 7.21. The number of aromatic nitrogens is 5. The van der Waals surface area contributed by atoms with E-state index in [2.05, 4.69) is 19.9 Å². The minimum Gasteiger partial charge on any atom is -0.468 e. The predicted molar refractivity (Wildman–Crippen MR) is 89.4 cm³/mol. The van der Waals surface area contributed by atoms with Gasteiger partial charge in [0, 0.05) is 12.6 Å². The quantitative estimate of drug-likeness (QED) is 0.579. The van der Waals surface area contributed by atoms with Crippen LogP contribution in [0.5, 0.6) is 6.01 Å². The molecule has 0 saturated heterocycles. The van der Waals surface area contributed by atoms with Crippen molar-refractivity contribution in [2.24, 2.45) is 7.05 Å². The zero-order valence-electron chi connectivity index (χ0n) is 12.6. The zero-order valence-corrected chi connectivity index (χ0v) is 13.4. The van der Waals surface area contributed by atoms with Crippen LogP contribution in [0.3, 0.4) is 0 Å². The standard InChI is InChI=1S/C16H13N5OS/c1-21-13(15-19-11-8-17-9-18-14(11)23-15)12(20-16(21)22-2)10-6-4-3-5-7-10/h3-9H,1-2H3. The van der Waals surface area contributed by atoms with Crippen molar-refractivity contribution < 1.29 is 4.74 Å². The lowest BCUT2D eigenvalue weighted by Gasteiger charge is -2.03. The number of methoxy groups -OCH3 is 1. The first-order valence-corrected chi connectivity index (χ1v) is 7.82. The number of fused-ring (bicyclic) bond motifs is 1. The van der Waals surface area contributed by atoms with Gasteiger partial charge in [0.15, 0.2) is 0 Å². The van der Waals surface area contributed by atoms with Gasteiger partial charge in [0.1, 0.15) is 33.1 Å². The van der Waals surface area contributed by atoms with Gasteiger partial charge in [-0.05, 0) is 0 Å². The van der Waals surface area contributed by atoms with E-state index in [1.54, 1.807) is 13.3 Å². The normalized spacial score (nSPS) is 11.0. The molecule has 0 radical (unpaired) electrons.